The molecule has 0 aliphatic carbocycles. The molecule has 6 rings (SSSR count). The van der Waals surface area contributed by atoms with Crippen molar-refractivity contribution in [3.8, 4) is 11.4 Å². The number of rotatable bonds is 3. The van der Waals surface area contributed by atoms with E-state index in [1.54, 1.807) is 25.0 Å². The smallest absolute Gasteiger partial charge is 0.232 e. The van der Waals surface area contributed by atoms with E-state index in [0.29, 0.717) is 13.1 Å². The van der Waals surface area contributed by atoms with Crippen LogP contribution in [0.25, 0.3) is 5.69 Å². The molecular formula is C23H24FN7O2. The maximum absolute atomic E-state index is 13.2. The van der Waals surface area contributed by atoms with Crippen molar-refractivity contribution in [2.45, 2.75) is 20.0 Å². The number of benzene rings is 1. The summed E-state index contributed by atoms with van der Waals surface area (Å²) in [5.41, 5.74) is 2.15. The largest absolute Gasteiger partial charge is 0.497 e. The van der Waals surface area contributed by atoms with Gasteiger partial charge in [-0.25, -0.2) is 9.37 Å². The van der Waals surface area contributed by atoms with Crippen LogP contribution in [0.4, 0.5) is 16.2 Å². The Kier molecular flexibility index (Phi) is 4.33. The Labute approximate surface area is 190 Å². The van der Waals surface area contributed by atoms with Crippen molar-refractivity contribution in [3.05, 3.63) is 53.7 Å². The van der Waals surface area contributed by atoms with Gasteiger partial charge in [0.15, 0.2) is 5.82 Å². The quantitative estimate of drug-likeness (QED) is 0.605. The Morgan fingerprint density at radius 2 is 1.85 bits per heavy atom. The zero-order valence-electron chi connectivity index (χ0n) is 18.5. The van der Waals surface area contributed by atoms with Gasteiger partial charge in [0, 0.05) is 45.1 Å². The molecule has 5 heterocycles. The molecule has 0 atom stereocenters. The lowest BCUT2D eigenvalue weighted by Gasteiger charge is -2.60. The highest BCUT2D eigenvalue weighted by Crippen LogP contribution is 2.44. The molecule has 1 amide bonds. The molecule has 0 radical (unpaired) electrons. The molecular weight excluding hydrogens is 425 g/mol. The fourth-order valence-corrected chi connectivity index (χ4v) is 5.13. The van der Waals surface area contributed by atoms with E-state index in [4.69, 9.17) is 4.74 Å². The zero-order valence-corrected chi connectivity index (χ0v) is 18.5. The van der Waals surface area contributed by atoms with E-state index in [-0.39, 0.29) is 17.1 Å². The van der Waals surface area contributed by atoms with Gasteiger partial charge in [-0.3, -0.25) is 9.36 Å². The summed E-state index contributed by atoms with van der Waals surface area (Å²) in [6.45, 7) is 5.97. The van der Waals surface area contributed by atoms with Gasteiger partial charge < -0.3 is 19.4 Å². The van der Waals surface area contributed by atoms with Gasteiger partial charge in [0.1, 0.15) is 17.4 Å². The molecule has 33 heavy (non-hydrogen) atoms. The van der Waals surface area contributed by atoms with E-state index in [1.165, 1.54) is 12.3 Å². The molecule has 1 aromatic carbocycles. The van der Waals surface area contributed by atoms with Crippen LogP contribution in [0.15, 0.2) is 36.5 Å². The molecule has 1 spiro atoms. The Hall–Kier alpha value is -3.69. The first kappa shape index (κ1) is 20.0. The SMILES string of the molecule is COc1ccc2c(c1)CN(C(C)=O)Cc1nnc(N3CC4(CN(c5ccc(F)cn5)C4)C3)n1-2. The van der Waals surface area contributed by atoms with Crippen molar-refractivity contribution in [2.24, 2.45) is 5.41 Å². The normalized spacial score (nSPS) is 18.2. The maximum Gasteiger partial charge on any atom is 0.232 e. The average molecular weight is 449 g/mol. The third kappa shape index (κ3) is 3.20. The molecule has 170 valence electrons. The van der Waals surface area contributed by atoms with Gasteiger partial charge in [-0.1, -0.05) is 0 Å². The highest BCUT2D eigenvalue weighted by Gasteiger charge is 2.53. The molecule has 2 saturated heterocycles. The monoisotopic (exact) mass is 449 g/mol. The Bertz CT molecular complexity index is 1230. The van der Waals surface area contributed by atoms with Gasteiger partial charge in [-0.05, 0) is 35.9 Å². The molecule has 10 heteroatoms. The first-order valence-electron chi connectivity index (χ1n) is 10.9. The van der Waals surface area contributed by atoms with E-state index in [9.17, 15) is 9.18 Å². The predicted octanol–water partition coefficient (Wildman–Crippen LogP) is 2.00. The first-order chi connectivity index (χ1) is 15.9. The van der Waals surface area contributed by atoms with Gasteiger partial charge in [-0.2, -0.15) is 0 Å². The van der Waals surface area contributed by atoms with Crippen LogP contribution in [0, 0.1) is 11.2 Å². The standard InChI is InChI=1S/C23H24FN7O2/c1-15(32)28-9-16-7-18(33-2)4-5-19(16)31-21(10-28)26-27-22(31)30-13-23(14-30)11-29(12-23)20-6-3-17(24)8-25-20/h3-8H,9-14H2,1-2H3. The van der Waals surface area contributed by atoms with E-state index >= 15 is 0 Å². The van der Waals surface area contributed by atoms with Crippen LogP contribution < -0.4 is 14.5 Å². The summed E-state index contributed by atoms with van der Waals surface area (Å²) in [6, 6.07) is 9.08. The van der Waals surface area contributed by atoms with Gasteiger partial charge in [0.25, 0.3) is 0 Å². The lowest BCUT2D eigenvalue weighted by Crippen LogP contribution is -2.73. The number of amides is 1. The number of hydrogen-bond acceptors (Lipinski definition) is 7. The molecule has 2 aromatic heterocycles. The number of nitrogens with zero attached hydrogens (tertiary/aromatic N) is 7. The summed E-state index contributed by atoms with van der Waals surface area (Å²) in [5, 5.41) is 8.96. The molecule has 3 aliphatic rings. The van der Waals surface area contributed by atoms with Gasteiger partial charge in [0.2, 0.25) is 11.9 Å². The minimum atomic E-state index is -0.322. The third-order valence-corrected chi connectivity index (χ3v) is 6.80. The molecule has 3 aromatic rings. The van der Waals surface area contributed by atoms with Crippen LogP contribution in [-0.2, 0) is 17.9 Å². The van der Waals surface area contributed by atoms with Crippen molar-refractivity contribution < 1.29 is 13.9 Å². The van der Waals surface area contributed by atoms with E-state index in [0.717, 1.165) is 60.8 Å². The van der Waals surface area contributed by atoms with Crippen molar-refractivity contribution in [1.82, 2.24) is 24.6 Å². The maximum atomic E-state index is 13.2. The van der Waals surface area contributed by atoms with Crippen molar-refractivity contribution in [2.75, 3.05) is 43.1 Å². The Balaban J connectivity index is 1.25. The summed E-state index contributed by atoms with van der Waals surface area (Å²) in [5.74, 6) is 2.78. The second-order valence-electron chi connectivity index (χ2n) is 9.17. The van der Waals surface area contributed by atoms with Crippen LogP contribution in [0.1, 0.15) is 18.3 Å². The first-order valence-corrected chi connectivity index (χ1v) is 10.9. The summed E-state index contributed by atoms with van der Waals surface area (Å²) < 4.78 is 20.6. The molecule has 0 saturated carbocycles. The van der Waals surface area contributed by atoms with E-state index in [1.807, 2.05) is 18.2 Å². The Morgan fingerprint density at radius 3 is 2.55 bits per heavy atom. The topological polar surface area (TPSA) is 79.6 Å². The average Bonchev–Trinajstić information content (AvgIpc) is 3.07. The molecule has 0 N–H and O–H groups in total. The van der Waals surface area contributed by atoms with Gasteiger partial charge >= 0.3 is 0 Å². The number of fused-ring (bicyclic) bond motifs is 3. The highest BCUT2D eigenvalue weighted by atomic mass is 19.1. The summed E-state index contributed by atoms with van der Waals surface area (Å²) >= 11 is 0. The second-order valence-corrected chi connectivity index (χ2v) is 9.17. The van der Waals surface area contributed by atoms with Crippen LogP contribution in [-0.4, -0.2) is 63.8 Å². The van der Waals surface area contributed by atoms with Gasteiger partial charge in [0.05, 0.1) is 25.5 Å². The fourth-order valence-electron chi connectivity index (χ4n) is 5.13. The lowest BCUT2D eigenvalue weighted by atomic mass is 9.73. The van der Waals surface area contributed by atoms with Crippen LogP contribution in [0.3, 0.4) is 0 Å². The molecule has 9 nitrogen and oxygen atoms in total. The van der Waals surface area contributed by atoms with Crippen molar-refractivity contribution in [1.29, 1.82) is 0 Å². The molecule has 3 aliphatic heterocycles. The number of ether oxygens (including phenoxy) is 1. The number of carbonyl (C=O) groups excluding carboxylic acids is 1. The molecule has 0 bridgehead atoms. The minimum Gasteiger partial charge on any atom is -0.497 e. The number of hydrogen-bond donors (Lipinski definition) is 0. The summed E-state index contributed by atoms with van der Waals surface area (Å²) in [6.07, 6.45) is 1.26. The molecule has 0 unspecified atom stereocenters. The predicted molar refractivity (Wildman–Crippen MR) is 119 cm³/mol. The number of anilines is 2. The minimum absolute atomic E-state index is 0.00589. The Morgan fingerprint density at radius 1 is 1.06 bits per heavy atom. The molecule has 2 fully saturated rings. The number of carbonyl (C=O) groups is 1. The number of pyridine rings is 1. The van der Waals surface area contributed by atoms with E-state index in [2.05, 4.69) is 29.5 Å². The van der Waals surface area contributed by atoms with Crippen LogP contribution in [0.5, 0.6) is 5.75 Å². The fraction of sp³-hybridized carbons (Fsp3) is 0.391. The number of aromatic nitrogens is 4. The summed E-state index contributed by atoms with van der Waals surface area (Å²) in [7, 11) is 1.64. The third-order valence-electron chi connectivity index (χ3n) is 6.80. The summed E-state index contributed by atoms with van der Waals surface area (Å²) in [4.78, 5) is 22.6. The van der Waals surface area contributed by atoms with E-state index < -0.39 is 0 Å². The second kappa shape index (κ2) is 7.16. The van der Waals surface area contributed by atoms with Crippen LogP contribution in [0.2, 0.25) is 0 Å². The van der Waals surface area contributed by atoms with Gasteiger partial charge in [-0.15, -0.1) is 10.2 Å². The highest BCUT2D eigenvalue weighted by molar-refractivity contribution is 5.74. The van der Waals surface area contributed by atoms with Crippen molar-refractivity contribution >= 4 is 17.7 Å². The van der Waals surface area contributed by atoms with Crippen molar-refractivity contribution in [3.63, 3.8) is 0 Å². The number of methoxy groups -OCH3 is 1. The number of halogens is 1. The zero-order chi connectivity index (χ0) is 22.7. The van der Waals surface area contributed by atoms with Crippen LogP contribution >= 0.6 is 0 Å². The lowest BCUT2D eigenvalue weighted by molar-refractivity contribution is -0.130.